The quantitative estimate of drug-likeness (QED) is 0.739. The third-order valence-electron chi connectivity index (χ3n) is 3.06. The molecule has 15 heavy (non-hydrogen) atoms. The number of nitrogen functional groups attached to an aromatic ring is 1. The van der Waals surface area contributed by atoms with Crippen LogP contribution in [0.1, 0.15) is 17.5 Å². The first-order valence-electron chi connectivity index (χ1n) is 5.25. The van der Waals surface area contributed by atoms with E-state index in [9.17, 15) is 0 Å². The molecule has 0 atom stereocenters. The molecule has 3 N–H and O–H groups in total. The fraction of sp³-hybridized carbons (Fsp3) is 0.250. The largest absolute Gasteiger partial charge is 0.396 e. The van der Waals surface area contributed by atoms with Crippen molar-refractivity contribution in [1.29, 1.82) is 0 Å². The zero-order valence-electron chi connectivity index (χ0n) is 8.46. The number of H-pyrrole nitrogens is 1. The number of aromatic amines is 1. The van der Waals surface area contributed by atoms with Crippen LogP contribution < -0.4 is 5.73 Å². The van der Waals surface area contributed by atoms with Crippen molar-refractivity contribution < 1.29 is 0 Å². The summed E-state index contributed by atoms with van der Waals surface area (Å²) in [6.45, 7) is 0. The smallest absolute Gasteiger partial charge is 0.0880 e. The Bertz CT molecular complexity index is 499. The lowest BCUT2D eigenvalue weighted by molar-refractivity contribution is 0.912. The maximum absolute atomic E-state index is 5.82. The molecule has 1 aliphatic rings. The molecule has 3 nitrogen and oxygen atoms in total. The van der Waals surface area contributed by atoms with E-state index in [4.69, 9.17) is 5.73 Å². The highest BCUT2D eigenvalue weighted by molar-refractivity contribution is 5.72. The minimum atomic E-state index is 0.716. The Hall–Kier alpha value is -1.77. The fourth-order valence-corrected chi connectivity index (χ4v) is 2.25. The molecule has 0 amide bonds. The lowest BCUT2D eigenvalue weighted by atomic mass is 10.0. The lowest BCUT2D eigenvalue weighted by Crippen LogP contribution is -1.89. The Kier molecular flexibility index (Phi) is 1.78. The summed E-state index contributed by atoms with van der Waals surface area (Å²) in [5.74, 6) is 0. The van der Waals surface area contributed by atoms with E-state index >= 15 is 0 Å². The molecule has 0 aliphatic heterocycles. The molecular formula is C12H13N3. The third kappa shape index (κ3) is 1.31. The molecule has 0 fully saturated rings. The van der Waals surface area contributed by atoms with Crippen LogP contribution in [0.25, 0.3) is 11.3 Å². The Morgan fingerprint density at radius 2 is 2.07 bits per heavy atom. The minimum Gasteiger partial charge on any atom is -0.396 e. The van der Waals surface area contributed by atoms with Gasteiger partial charge in [-0.15, -0.1) is 0 Å². The van der Waals surface area contributed by atoms with E-state index in [1.807, 2.05) is 0 Å². The average Bonchev–Trinajstić information content (AvgIpc) is 2.84. The molecular weight excluding hydrogens is 186 g/mol. The Morgan fingerprint density at radius 1 is 1.20 bits per heavy atom. The standard InChI is InChI=1S/C12H13N3/c13-11-7-14-15-12(11)10-5-4-8-2-1-3-9(8)6-10/h4-7H,1-3,13H2,(H,14,15). The summed E-state index contributed by atoms with van der Waals surface area (Å²) in [5.41, 5.74) is 11.6. The van der Waals surface area contributed by atoms with Gasteiger partial charge in [-0.05, 0) is 36.5 Å². The molecule has 0 saturated carbocycles. The number of nitrogens with two attached hydrogens (primary N) is 1. The zero-order valence-corrected chi connectivity index (χ0v) is 8.46. The van der Waals surface area contributed by atoms with Crippen molar-refractivity contribution in [3.05, 3.63) is 35.5 Å². The highest BCUT2D eigenvalue weighted by atomic mass is 15.1. The van der Waals surface area contributed by atoms with Gasteiger partial charge in [0.25, 0.3) is 0 Å². The van der Waals surface area contributed by atoms with Crippen molar-refractivity contribution in [2.24, 2.45) is 0 Å². The summed E-state index contributed by atoms with van der Waals surface area (Å²) in [6.07, 6.45) is 5.34. The van der Waals surface area contributed by atoms with Gasteiger partial charge < -0.3 is 5.73 Å². The van der Waals surface area contributed by atoms with Crippen LogP contribution in [0.3, 0.4) is 0 Å². The molecule has 0 bridgehead atoms. The van der Waals surface area contributed by atoms with E-state index < -0.39 is 0 Å². The number of rotatable bonds is 1. The van der Waals surface area contributed by atoms with Crippen LogP contribution in [0.4, 0.5) is 5.69 Å². The second kappa shape index (κ2) is 3.12. The molecule has 0 saturated heterocycles. The SMILES string of the molecule is Nc1cn[nH]c1-c1ccc2c(c1)CCC2. The van der Waals surface area contributed by atoms with E-state index in [0.29, 0.717) is 5.69 Å². The number of nitrogens with one attached hydrogen (secondary N) is 1. The Morgan fingerprint density at radius 3 is 2.87 bits per heavy atom. The van der Waals surface area contributed by atoms with Crippen LogP contribution in [-0.4, -0.2) is 10.2 Å². The number of nitrogens with zero attached hydrogens (tertiary/aromatic N) is 1. The fourth-order valence-electron chi connectivity index (χ4n) is 2.25. The van der Waals surface area contributed by atoms with Gasteiger partial charge >= 0.3 is 0 Å². The second-order valence-electron chi connectivity index (χ2n) is 4.04. The maximum atomic E-state index is 5.82. The van der Waals surface area contributed by atoms with E-state index in [1.54, 1.807) is 6.20 Å². The molecule has 1 aromatic heterocycles. The van der Waals surface area contributed by atoms with Crippen LogP contribution in [0.15, 0.2) is 24.4 Å². The van der Waals surface area contributed by atoms with Crippen molar-refractivity contribution in [3.8, 4) is 11.3 Å². The predicted octanol–water partition coefficient (Wildman–Crippen LogP) is 2.15. The van der Waals surface area contributed by atoms with E-state index in [-0.39, 0.29) is 0 Å². The molecule has 0 radical (unpaired) electrons. The van der Waals surface area contributed by atoms with Crippen LogP contribution in [-0.2, 0) is 12.8 Å². The molecule has 0 spiro atoms. The summed E-state index contributed by atoms with van der Waals surface area (Å²) < 4.78 is 0. The third-order valence-corrected chi connectivity index (χ3v) is 3.06. The van der Waals surface area contributed by atoms with E-state index in [1.165, 1.54) is 30.4 Å². The molecule has 1 aromatic carbocycles. The normalized spacial score (nSPS) is 14.1. The van der Waals surface area contributed by atoms with Gasteiger partial charge in [-0.2, -0.15) is 5.10 Å². The summed E-state index contributed by atoms with van der Waals surface area (Å²) in [4.78, 5) is 0. The predicted molar refractivity (Wildman–Crippen MR) is 60.5 cm³/mol. The van der Waals surface area contributed by atoms with Crippen molar-refractivity contribution in [2.75, 3.05) is 5.73 Å². The summed E-state index contributed by atoms with van der Waals surface area (Å²) in [7, 11) is 0. The summed E-state index contributed by atoms with van der Waals surface area (Å²) >= 11 is 0. The summed E-state index contributed by atoms with van der Waals surface area (Å²) in [5, 5.41) is 6.88. The minimum absolute atomic E-state index is 0.716. The average molecular weight is 199 g/mol. The van der Waals surface area contributed by atoms with Gasteiger partial charge in [-0.3, -0.25) is 5.10 Å². The first-order valence-corrected chi connectivity index (χ1v) is 5.25. The van der Waals surface area contributed by atoms with Crippen LogP contribution in [0, 0.1) is 0 Å². The van der Waals surface area contributed by atoms with Crippen LogP contribution >= 0.6 is 0 Å². The summed E-state index contributed by atoms with van der Waals surface area (Å²) in [6, 6.07) is 6.55. The van der Waals surface area contributed by atoms with Gasteiger partial charge in [-0.1, -0.05) is 12.1 Å². The molecule has 0 unspecified atom stereocenters. The van der Waals surface area contributed by atoms with Gasteiger partial charge in [0, 0.05) is 5.56 Å². The number of aromatic nitrogens is 2. The van der Waals surface area contributed by atoms with Gasteiger partial charge in [-0.25, -0.2) is 0 Å². The van der Waals surface area contributed by atoms with Crippen LogP contribution in [0.2, 0.25) is 0 Å². The molecule has 3 heteroatoms. The Labute approximate surface area is 88.3 Å². The van der Waals surface area contributed by atoms with Gasteiger partial charge in [0.15, 0.2) is 0 Å². The van der Waals surface area contributed by atoms with Crippen molar-refractivity contribution >= 4 is 5.69 Å². The zero-order chi connectivity index (χ0) is 10.3. The van der Waals surface area contributed by atoms with E-state index in [0.717, 1.165) is 11.3 Å². The van der Waals surface area contributed by atoms with Crippen LogP contribution in [0.5, 0.6) is 0 Å². The first-order chi connectivity index (χ1) is 7.34. The highest BCUT2D eigenvalue weighted by Gasteiger charge is 2.12. The van der Waals surface area contributed by atoms with Crippen molar-refractivity contribution in [2.45, 2.75) is 19.3 Å². The van der Waals surface area contributed by atoms with Gasteiger partial charge in [0.1, 0.15) is 0 Å². The molecule has 2 aromatic rings. The number of benzene rings is 1. The lowest BCUT2D eigenvalue weighted by Gasteiger charge is -2.03. The molecule has 1 aliphatic carbocycles. The number of hydrogen-bond acceptors (Lipinski definition) is 2. The van der Waals surface area contributed by atoms with Gasteiger partial charge in [0.2, 0.25) is 0 Å². The number of aryl methyl sites for hydroxylation is 2. The number of anilines is 1. The Balaban J connectivity index is 2.11. The molecule has 3 rings (SSSR count). The van der Waals surface area contributed by atoms with Crippen molar-refractivity contribution in [1.82, 2.24) is 10.2 Å². The first kappa shape index (κ1) is 8.53. The maximum Gasteiger partial charge on any atom is 0.0880 e. The van der Waals surface area contributed by atoms with Gasteiger partial charge in [0.05, 0.1) is 17.6 Å². The molecule has 1 heterocycles. The monoisotopic (exact) mass is 199 g/mol. The number of fused-ring (bicyclic) bond motifs is 1. The van der Waals surface area contributed by atoms with Crippen molar-refractivity contribution in [3.63, 3.8) is 0 Å². The van der Waals surface area contributed by atoms with E-state index in [2.05, 4.69) is 28.4 Å². The second-order valence-corrected chi connectivity index (χ2v) is 4.04. The molecule has 76 valence electrons. The topological polar surface area (TPSA) is 54.7 Å². The highest BCUT2D eigenvalue weighted by Crippen LogP contribution is 2.29. The number of hydrogen-bond donors (Lipinski definition) is 2.